The molecule has 20 heavy (non-hydrogen) atoms. The highest BCUT2D eigenvalue weighted by Gasteiger charge is 2.28. The fourth-order valence-corrected chi connectivity index (χ4v) is 4.49. The third-order valence-electron chi connectivity index (χ3n) is 4.00. The second-order valence-corrected chi connectivity index (χ2v) is 7.61. The van der Waals surface area contributed by atoms with E-state index in [2.05, 4.69) is 34.3 Å². The Morgan fingerprint density at radius 2 is 2.05 bits per heavy atom. The van der Waals surface area contributed by atoms with Crippen molar-refractivity contribution in [1.29, 1.82) is 0 Å². The minimum atomic E-state index is -0.466. The highest BCUT2D eigenvalue weighted by Crippen LogP contribution is 2.30. The molecule has 2 aromatic rings. The first-order chi connectivity index (χ1) is 9.75. The van der Waals surface area contributed by atoms with Gasteiger partial charge in [-0.15, -0.1) is 22.7 Å². The Morgan fingerprint density at radius 3 is 2.80 bits per heavy atom. The van der Waals surface area contributed by atoms with Crippen LogP contribution in [0, 0.1) is 0 Å². The summed E-state index contributed by atoms with van der Waals surface area (Å²) in [5.41, 5.74) is 0.852. The molecule has 2 N–H and O–H groups in total. The predicted octanol–water partition coefficient (Wildman–Crippen LogP) is 4.26. The first-order valence-corrected chi connectivity index (χ1v) is 9.06. The zero-order valence-corrected chi connectivity index (χ0v) is 13.2. The highest BCUT2D eigenvalue weighted by atomic mass is 32.1. The van der Waals surface area contributed by atoms with E-state index in [1.165, 1.54) is 34.6 Å². The molecule has 2 aromatic heterocycles. The molecule has 0 spiro atoms. The van der Waals surface area contributed by atoms with Gasteiger partial charge in [0.15, 0.2) is 0 Å². The van der Waals surface area contributed by atoms with Crippen molar-refractivity contribution in [2.75, 3.05) is 6.54 Å². The van der Waals surface area contributed by atoms with Crippen molar-refractivity contribution in [3.63, 3.8) is 0 Å². The summed E-state index contributed by atoms with van der Waals surface area (Å²) >= 11 is 3.58. The lowest BCUT2D eigenvalue weighted by Gasteiger charge is -2.32. The zero-order chi connectivity index (χ0) is 13.8. The van der Waals surface area contributed by atoms with Gasteiger partial charge in [0.05, 0.1) is 5.60 Å². The summed E-state index contributed by atoms with van der Waals surface area (Å²) in [5.74, 6) is 0. The van der Waals surface area contributed by atoms with Crippen LogP contribution in [0.3, 0.4) is 0 Å². The molecule has 1 fully saturated rings. The molecule has 0 saturated heterocycles. The number of rotatable bonds is 5. The third-order valence-corrected chi connectivity index (χ3v) is 5.85. The van der Waals surface area contributed by atoms with Crippen LogP contribution in [0.1, 0.15) is 37.0 Å². The maximum absolute atomic E-state index is 10.4. The van der Waals surface area contributed by atoms with Crippen molar-refractivity contribution in [2.45, 2.75) is 44.2 Å². The summed E-state index contributed by atoms with van der Waals surface area (Å²) in [6.07, 6.45) is 5.51. The van der Waals surface area contributed by atoms with Gasteiger partial charge >= 0.3 is 0 Å². The monoisotopic (exact) mass is 307 g/mol. The maximum Gasteiger partial charge on any atom is 0.0771 e. The van der Waals surface area contributed by atoms with Crippen molar-refractivity contribution < 1.29 is 5.11 Å². The molecular weight excluding hydrogens is 286 g/mol. The molecule has 0 aliphatic heterocycles. The lowest BCUT2D eigenvalue weighted by Crippen LogP contribution is -2.41. The Hall–Kier alpha value is -0.680. The number of hydrogen-bond acceptors (Lipinski definition) is 4. The smallest absolute Gasteiger partial charge is 0.0771 e. The molecule has 0 atom stereocenters. The van der Waals surface area contributed by atoms with Crippen molar-refractivity contribution in [2.24, 2.45) is 0 Å². The Balaban J connectivity index is 1.51. The Morgan fingerprint density at radius 1 is 1.20 bits per heavy atom. The second kappa shape index (κ2) is 6.39. The van der Waals surface area contributed by atoms with E-state index in [1.54, 1.807) is 22.7 Å². The van der Waals surface area contributed by atoms with Crippen LogP contribution in [0.2, 0.25) is 0 Å². The summed E-state index contributed by atoms with van der Waals surface area (Å²) in [4.78, 5) is 2.67. The fourth-order valence-electron chi connectivity index (χ4n) is 2.85. The van der Waals surface area contributed by atoms with E-state index in [0.717, 1.165) is 25.9 Å². The SMILES string of the molecule is OC1(CNCc2cc(-c3cccs3)cs2)CCCCC1. The molecule has 0 aromatic carbocycles. The minimum absolute atomic E-state index is 0.466. The first kappa shape index (κ1) is 14.3. The van der Waals surface area contributed by atoms with Crippen molar-refractivity contribution >= 4 is 22.7 Å². The van der Waals surface area contributed by atoms with Crippen LogP contribution in [0.15, 0.2) is 29.0 Å². The summed E-state index contributed by atoms with van der Waals surface area (Å²) in [5, 5.41) is 18.2. The van der Waals surface area contributed by atoms with E-state index in [4.69, 9.17) is 0 Å². The van der Waals surface area contributed by atoms with Crippen LogP contribution in [0.25, 0.3) is 10.4 Å². The third kappa shape index (κ3) is 3.50. The molecule has 0 radical (unpaired) electrons. The van der Waals surface area contributed by atoms with Crippen molar-refractivity contribution in [1.82, 2.24) is 5.32 Å². The number of hydrogen-bond donors (Lipinski definition) is 2. The Bertz CT molecular complexity index is 526. The van der Waals surface area contributed by atoms with E-state index in [1.807, 2.05) is 0 Å². The van der Waals surface area contributed by atoms with Gasteiger partial charge in [-0.05, 0) is 35.7 Å². The maximum atomic E-state index is 10.4. The molecule has 4 heteroatoms. The second-order valence-electron chi connectivity index (χ2n) is 5.67. The Labute approximate surface area is 128 Å². The summed E-state index contributed by atoms with van der Waals surface area (Å²) in [7, 11) is 0. The summed E-state index contributed by atoms with van der Waals surface area (Å²) in [6.45, 7) is 1.58. The molecule has 1 saturated carbocycles. The van der Waals surface area contributed by atoms with E-state index >= 15 is 0 Å². The minimum Gasteiger partial charge on any atom is -0.389 e. The average Bonchev–Trinajstić information content (AvgIpc) is 3.09. The molecule has 3 rings (SSSR count). The largest absolute Gasteiger partial charge is 0.389 e. The summed E-state index contributed by atoms with van der Waals surface area (Å²) < 4.78 is 0. The van der Waals surface area contributed by atoms with Crippen LogP contribution in [-0.2, 0) is 6.54 Å². The molecular formula is C16H21NOS2. The van der Waals surface area contributed by atoms with Gasteiger partial charge in [-0.3, -0.25) is 0 Å². The molecule has 2 heterocycles. The van der Waals surface area contributed by atoms with Crippen LogP contribution in [0.4, 0.5) is 0 Å². The first-order valence-electron chi connectivity index (χ1n) is 7.30. The predicted molar refractivity (Wildman–Crippen MR) is 87.4 cm³/mol. The van der Waals surface area contributed by atoms with E-state index in [9.17, 15) is 5.11 Å². The Kier molecular flexibility index (Phi) is 4.56. The highest BCUT2D eigenvalue weighted by molar-refractivity contribution is 7.14. The van der Waals surface area contributed by atoms with Gasteiger partial charge in [-0.25, -0.2) is 0 Å². The van der Waals surface area contributed by atoms with Crippen LogP contribution in [-0.4, -0.2) is 17.3 Å². The topological polar surface area (TPSA) is 32.3 Å². The normalized spacial score (nSPS) is 18.2. The number of nitrogens with one attached hydrogen (secondary N) is 1. The van der Waals surface area contributed by atoms with Gasteiger partial charge in [0, 0.05) is 28.4 Å². The molecule has 0 bridgehead atoms. The van der Waals surface area contributed by atoms with E-state index < -0.39 is 5.60 Å². The van der Waals surface area contributed by atoms with Gasteiger partial charge in [0.1, 0.15) is 0 Å². The van der Waals surface area contributed by atoms with Gasteiger partial charge < -0.3 is 10.4 Å². The van der Waals surface area contributed by atoms with E-state index in [-0.39, 0.29) is 0 Å². The van der Waals surface area contributed by atoms with Gasteiger partial charge in [0.25, 0.3) is 0 Å². The van der Waals surface area contributed by atoms with Gasteiger partial charge in [-0.1, -0.05) is 25.3 Å². The van der Waals surface area contributed by atoms with Crippen LogP contribution < -0.4 is 5.32 Å². The van der Waals surface area contributed by atoms with Crippen molar-refractivity contribution in [3.05, 3.63) is 33.8 Å². The van der Waals surface area contributed by atoms with Crippen LogP contribution in [0.5, 0.6) is 0 Å². The lowest BCUT2D eigenvalue weighted by atomic mass is 9.85. The number of thiophene rings is 2. The summed E-state index contributed by atoms with van der Waals surface area (Å²) in [6, 6.07) is 6.51. The molecule has 1 aliphatic carbocycles. The zero-order valence-electron chi connectivity index (χ0n) is 11.6. The average molecular weight is 307 g/mol. The van der Waals surface area contributed by atoms with Crippen LogP contribution >= 0.6 is 22.7 Å². The fraction of sp³-hybridized carbons (Fsp3) is 0.500. The molecule has 0 amide bonds. The van der Waals surface area contributed by atoms with Gasteiger partial charge in [-0.2, -0.15) is 0 Å². The molecule has 108 valence electrons. The standard InChI is InChI=1S/C16H21NOS2/c18-16(6-2-1-3-7-16)12-17-10-14-9-13(11-20-14)15-5-4-8-19-15/h4-5,8-9,11,17-18H,1-3,6-7,10,12H2. The van der Waals surface area contributed by atoms with E-state index in [0.29, 0.717) is 0 Å². The molecule has 0 unspecified atom stereocenters. The number of aliphatic hydroxyl groups is 1. The van der Waals surface area contributed by atoms with Crippen molar-refractivity contribution in [3.8, 4) is 10.4 Å². The molecule has 2 nitrogen and oxygen atoms in total. The molecule has 1 aliphatic rings. The van der Waals surface area contributed by atoms with Gasteiger partial charge in [0.2, 0.25) is 0 Å². The quantitative estimate of drug-likeness (QED) is 0.865. The lowest BCUT2D eigenvalue weighted by molar-refractivity contribution is 0.00472.